The van der Waals surface area contributed by atoms with Crippen LogP contribution in [0.25, 0.3) is 0 Å². The molecule has 1 aliphatic rings. The van der Waals surface area contributed by atoms with Gasteiger partial charge in [0.2, 0.25) is 11.8 Å². The molecule has 2 aromatic carbocycles. The van der Waals surface area contributed by atoms with Gasteiger partial charge in [-0.3, -0.25) is 9.59 Å². The number of benzene rings is 2. The van der Waals surface area contributed by atoms with Crippen LogP contribution in [0.5, 0.6) is 11.5 Å². The van der Waals surface area contributed by atoms with Crippen molar-refractivity contribution < 1.29 is 19.1 Å². The summed E-state index contributed by atoms with van der Waals surface area (Å²) < 4.78 is 10.7. The Hall–Kier alpha value is -3.02. The molecular formula is C21H24N2O4. The number of anilines is 1. The zero-order valence-electron chi connectivity index (χ0n) is 15.6. The van der Waals surface area contributed by atoms with Crippen molar-refractivity contribution in [3.63, 3.8) is 0 Å². The largest absolute Gasteiger partial charge is 0.497 e. The number of para-hydroxylation sites is 1. The lowest BCUT2D eigenvalue weighted by atomic mass is 10.1. The predicted octanol–water partition coefficient (Wildman–Crippen LogP) is 2.76. The summed E-state index contributed by atoms with van der Waals surface area (Å²) in [4.78, 5) is 26.6. The monoisotopic (exact) mass is 368 g/mol. The summed E-state index contributed by atoms with van der Waals surface area (Å²) in [6.07, 6.45) is 0.213. The first-order valence-electron chi connectivity index (χ1n) is 9.05. The summed E-state index contributed by atoms with van der Waals surface area (Å²) in [5.74, 6) is 0.967. The Balaban J connectivity index is 1.60. The molecule has 1 saturated heterocycles. The first-order chi connectivity index (χ1) is 13.1. The highest BCUT2D eigenvalue weighted by Crippen LogP contribution is 2.27. The number of amides is 2. The average Bonchev–Trinajstić information content (AvgIpc) is 3.09. The molecule has 6 heteroatoms. The van der Waals surface area contributed by atoms with Crippen molar-refractivity contribution in [3.8, 4) is 11.5 Å². The fraction of sp³-hybridized carbons (Fsp3) is 0.333. The van der Waals surface area contributed by atoms with Crippen LogP contribution in [0.2, 0.25) is 0 Å². The minimum Gasteiger partial charge on any atom is -0.497 e. The van der Waals surface area contributed by atoms with Gasteiger partial charge in [0, 0.05) is 30.8 Å². The van der Waals surface area contributed by atoms with Crippen LogP contribution < -0.4 is 19.7 Å². The van der Waals surface area contributed by atoms with Crippen LogP contribution in [-0.2, 0) is 16.1 Å². The third-order valence-corrected chi connectivity index (χ3v) is 4.61. The number of nitrogens with one attached hydrogen (secondary N) is 1. The molecule has 27 heavy (non-hydrogen) atoms. The van der Waals surface area contributed by atoms with Gasteiger partial charge >= 0.3 is 0 Å². The van der Waals surface area contributed by atoms with Gasteiger partial charge in [-0.1, -0.05) is 18.2 Å². The van der Waals surface area contributed by atoms with Gasteiger partial charge in [-0.2, -0.15) is 0 Å². The second-order valence-corrected chi connectivity index (χ2v) is 6.36. The molecule has 1 atom stereocenters. The van der Waals surface area contributed by atoms with Gasteiger partial charge in [-0.15, -0.1) is 0 Å². The van der Waals surface area contributed by atoms with Crippen molar-refractivity contribution >= 4 is 17.5 Å². The first-order valence-corrected chi connectivity index (χ1v) is 9.05. The number of hydrogen-bond donors (Lipinski definition) is 1. The molecule has 1 fully saturated rings. The molecule has 0 unspecified atom stereocenters. The quantitative estimate of drug-likeness (QED) is 0.816. The second kappa shape index (κ2) is 8.58. The number of nitrogens with zero attached hydrogens (tertiary/aromatic N) is 1. The molecule has 0 saturated carbocycles. The van der Waals surface area contributed by atoms with Crippen LogP contribution in [0, 0.1) is 5.92 Å². The van der Waals surface area contributed by atoms with E-state index in [0.717, 1.165) is 22.7 Å². The van der Waals surface area contributed by atoms with Gasteiger partial charge in [-0.25, -0.2) is 0 Å². The second-order valence-electron chi connectivity index (χ2n) is 6.36. The molecule has 1 aliphatic heterocycles. The normalized spacial score (nSPS) is 16.3. The number of rotatable bonds is 7. The third-order valence-electron chi connectivity index (χ3n) is 4.61. The SMILES string of the molecule is CCOc1ccccc1CNC(=O)[C@H]1CC(=O)N(c2ccc(OC)cc2)C1. The Morgan fingerprint density at radius 1 is 1.19 bits per heavy atom. The van der Waals surface area contributed by atoms with Gasteiger partial charge in [0.15, 0.2) is 0 Å². The Bertz CT molecular complexity index is 804. The van der Waals surface area contributed by atoms with Crippen molar-refractivity contribution in [2.75, 3.05) is 25.2 Å². The lowest BCUT2D eigenvalue weighted by Crippen LogP contribution is -2.32. The van der Waals surface area contributed by atoms with Crippen LogP contribution in [0.4, 0.5) is 5.69 Å². The van der Waals surface area contributed by atoms with Crippen molar-refractivity contribution in [1.29, 1.82) is 0 Å². The maximum atomic E-state index is 12.6. The number of hydrogen-bond acceptors (Lipinski definition) is 4. The minimum atomic E-state index is -0.362. The fourth-order valence-corrected chi connectivity index (χ4v) is 3.17. The third kappa shape index (κ3) is 4.39. The van der Waals surface area contributed by atoms with E-state index in [9.17, 15) is 9.59 Å². The van der Waals surface area contributed by atoms with Gasteiger partial charge in [0.1, 0.15) is 11.5 Å². The van der Waals surface area contributed by atoms with E-state index in [4.69, 9.17) is 9.47 Å². The highest BCUT2D eigenvalue weighted by Gasteiger charge is 2.35. The molecule has 1 N–H and O–H groups in total. The number of methoxy groups -OCH3 is 1. The van der Waals surface area contributed by atoms with E-state index in [0.29, 0.717) is 19.7 Å². The van der Waals surface area contributed by atoms with E-state index in [1.165, 1.54) is 0 Å². The number of carbonyl (C=O) groups is 2. The summed E-state index contributed by atoms with van der Waals surface area (Å²) in [5.41, 5.74) is 1.70. The Morgan fingerprint density at radius 3 is 2.63 bits per heavy atom. The van der Waals surface area contributed by atoms with Gasteiger partial charge in [-0.05, 0) is 37.3 Å². The van der Waals surface area contributed by atoms with Gasteiger partial charge in [0.05, 0.1) is 19.6 Å². The predicted molar refractivity (Wildman–Crippen MR) is 103 cm³/mol. The fourth-order valence-electron chi connectivity index (χ4n) is 3.17. The topological polar surface area (TPSA) is 67.9 Å². The van der Waals surface area contributed by atoms with Gasteiger partial charge in [0.25, 0.3) is 0 Å². The summed E-state index contributed by atoms with van der Waals surface area (Å²) in [6, 6.07) is 14.9. The van der Waals surface area contributed by atoms with E-state index in [2.05, 4.69) is 5.32 Å². The molecule has 2 amide bonds. The molecule has 1 heterocycles. The summed E-state index contributed by atoms with van der Waals surface area (Å²) in [5, 5.41) is 2.93. The highest BCUT2D eigenvalue weighted by atomic mass is 16.5. The standard InChI is InChI=1S/C21H24N2O4/c1-3-27-19-7-5-4-6-15(19)13-22-21(25)16-12-20(24)23(14-16)17-8-10-18(26-2)11-9-17/h4-11,16H,3,12-14H2,1-2H3,(H,22,25)/t16-/m0/s1. The highest BCUT2D eigenvalue weighted by molar-refractivity contribution is 6.00. The smallest absolute Gasteiger partial charge is 0.227 e. The Kier molecular flexibility index (Phi) is 5.96. The summed E-state index contributed by atoms with van der Waals surface area (Å²) in [6.45, 7) is 3.25. The molecule has 0 aromatic heterocycles. The van der Waals surface area contributed by atoms with Crippen molar-refractivity contribution in [3.05, 3.63) is 54.1 Å². The minimum absolute atomic E-state index is 0.0463. The number of carbonyl (C=O) groups excluding carboxylic acids is 2. The van der Waals surface area contributed by atoms with Crippen molar-refractivity contribution in [1.82, 2.24) is 5.32 Å². The zero-order valence-corrected chi connectivity index (χ0v) is 15.6. The Labute approximate surface area is 159 Å². The molecule has 142 valence electrons. The van der Waals surface area contributed by atoms with Gasteiger partial charge < -0.3 is 19.7 Å². The molecule has 0 bridgehead atoms. The summed E-state index contributed by atoms with van der Waals surface area (Å²) >= 11 is 0. The molecule has 0 radical (unpaired) electrons. The van der Waals surface area contributed by atoms with E-state index >= 15 is 0 Å². The summed E-state index contributed by atoms with van der Waals surface area (Å²) in [7, 11) is 1.60. The van der Waals surface area contributed by atoms with Crippen LogP contribution in [0.15, 0.2) is 48.5 Å². The Morgan fingerprint density at radius 2 is 1.93 bits per heavy atom. The molecule has 6 nitrogen and oxygen atoms in total. The maximum absolute atomic E-state index is 12.6. The lowest BCUT2D eigenvalue weighted by molar-refractivity contribution is -0.126. The molecule has 0 spiro atoms. The van der Waals surface area contributed by atoms with Crippen LogP contribution in [-0.4, -0.2) is 32.1 Å². The molecule has 0 aliphatic carbocycles. The van der Waals surface area contributed by atoms with E-state index in [1.54, 1.807) is 24.1 Å². The first kappa shape index (κ1) is 18.8. The van der Waals surface area contributed by atoms with E-state index < -0.39 is 0 Å². The average molecular weight is 368 g/mol. The van der Waals surface area contributed by atoms with Crippen LogP contribution >= 0.6 is 0 Å². The van der Waals surface area contributed by atoms with E-state index in [1.807, 2.05) is 43.3 Å². The van der Waals surface area contributed by atoms with E-state index in [-0.39, 0.29) is 24.2 Å². The molecule has 3 rings (SSSR count). The van der Waals surface area contributed by atoms with Crippen LogP contribution in [0.1, 0.15) is 18.9 Å². The van der Waals surface area contributed by atoms with Crippen molar-refractivity contribution in [2.24, 2.45) is 5.92 Å². The zero-order chi connectivity index (χ0) is 19.2. The van der Waals surface area contributed by atoms with Crippen LogP contribution in [0.3, 0.4) is 0 Å². The molecular weight excluding hydrogens is 344 g/mol. The number of ether oxygens (including phenoxy) is 2. The molecule has 2 aromatic rings. The lowest BCUT2D eigenvalue weighted by Gasteiger charge is -2.17. The maximum Gasteiger partial charge on any atom is 0.227 e. The van der Waals surface area contributed by atoms with Crippen molar-refractivity contribution in [2.45, 2.75) is 19.9 Å².